The monoisotopic (exact) mass is 285 g/mol. The van der Waals surface area contributed by atoms with Crippen molar-refractivity contribution >= 4 is 5.91 Å². The van der Waals surface area contributed by atoms with Gasteiger partial charge in [0.2, 0.25) is 5.91 Å². The number of benzene rings is 1. The molecule has 1 unspecified atom stereocenters. The Kier molecular flexibility index (Phi) is 4.06. The molecule has 20 heavy (non-hydrogen) atoms. The molecular formula is C15H18F3NO. The third kappa shape index (κ3) is 3.32. The van der Waals surface area contributed by atoms with Crippen LogP contribution in [0.15, 0.2) is 18.2 Å². The lowest BCUT2D eigenvalue weighted by molar-refractivity contribution is -0.162. The largest absolute Gasteiger partial charge is 0.397 e. The molecule has 2 nitrogen and oxygen atoms in total. The van der Waals surface area contributed by atoms with E-state index in [1.54, 1.807) is 0 Å². The quantitative estimate of drug-likeness (QED) is 0.806. The number of alkyl halides is 3. The van der Waals surface area contributed by atoms with Crippen molar-refractivity contribution in [1.29, 1.82) is 0 Å². The van der Waals surface area contributed by atoms with Gasteiger partial charge in [0.15, 0.2) is 0 Å². The molecule has 0 aliphatic carbocycles. The van der Waals surface area contributed by atoms with E-state index in [0.29, 0.717) is 6.54 Å². The smallest absolute Gasteiger partial charge is 0.335 e. The molecule has 0 saturated carbocycles. The Morgan fingerprint density at radius 2 is 2.05 bits per heavy atom. The summed E-state index contributed by atoms with van der Waals surface area (Å²) >= 11 is 0. The number of carbonyl (C=O) groups excluding carboxylic acids is 1. The molecule has 1 fully saturated rings. The minimum Gasteiger partial charge on any atom is -0.335 e. The standard InChI is InChI=1S/C15H18F3NO/c1-10-5-6-11(2)12(8-10)13-4-3-7-19(13)14(20)9-15(16,17)18/h5-6,8,13H,3-4,7,9H2,1-2H3. The first-order valence-corrected chi connectivity index (χ1v) is 6.71. The summed E-state index contributed by atoms with van der Waals surface area (Å²) in [5.74, 6) is -0.819. The maximum absolute atomic E-state index is 12.4. The van der Waals surface area contributed by atoms with E-state index < -0.39 is 18.5 Å². The molecule has 1 aliphatic rings. The van der Waals surface area contributed by atoms with Crippen molar-refractivity contribution in [3.05, 3.63) is 34.9 Å². The van der Waals surface area contributed by atoms with Crippen LogP contribution in [-0.4, -0.2) is 23.5 Å². The summed E-state index contributed by atoms with van der Waals surface area (Å²) in [7, 11) is 0. The van der Waals surface area contributed by atoms with E-state index in [-0.39, 0.29) is 6.04 Å². The molecule has 0 radical (unpaired) electrons. The minimum atomic E-state index is -4.44. The SMILES string of the molecule is Cc1ccc(C)c(C2CCCN2C(=O)CC(F)(F)F)c1. The fourth-order valence-electron chi connectivity index (χ4n) is 2.78. The Morgan fingerprint density at radius 3 is 2.70 bits per heavy atom. The van der Waals surface area contributed by atoms with Crippen LogP contribution in [-0.2, 0) is 4.79 Å². The number of nitrogens with zero attached hydrogens (tertiary/aromatic N) is 1. The fourth-order valence-corrected chi connectivity index (χ4v) is 2.78. The Bertz CT molecular complexity index is 510. The number of likely N-dealkylation sites (tertiary alicyclic amines) is 1. The molecule has 2 rings (SSSR count). The van der Waals surface area contributed by atoms with E-state index in [0.717, 1.165) is 29.5 Å². The van der Waals surface area contributed by atoms with Gasteiger partial charge in [-0.05, 0) is 37.8 Å². The highest BCUT2D eigenvalue weighted by atomic mass is 19.4. The molecule has 1 aromatic rings. The van der Waals surface area contributed by atoms with Gasteiger partial charge in [0.25, 0.3) is 0 Å². The van der Waals surface area contributed by atoms with Crippen LogP contribution >= 0.6 is 0 Å². The zero-order chi connectivity index (χ0) is 14.9. The second-order valence-electron chi connectivity index (χ2n) is 5.40. The van der Waals surface area contributed by atoms with Crippen LogP contribution in [0.5, 0.6) is 0 Å². The highest BCUT2D eigenvalue weighted by Crippen LogP contribution is 2.35. The maximum atomic E-state index is 12.4. The van der Waals surface area contributed by atoms with Gasteiger partial charge in [-0.1, -0.05) is 23.8 Å². The number of amides is 1. The molecule has 1 saturated heterocycles. The average molecular weight is 285 g/mol. The van der Waals surface area contributed by atoms with Crippen molar-refractivity contribution in [3.63, 3.8) is 0 Å². The molecule has 1 heterocycles. The summed E-state index contributed by atoms with van der Waals surface area (Å²) in [4.78, 5) is 13.2. The van der Waals surface area contributed by atoms with Gasteiger partial charge in [0, 0.05) is 6.54 Å². The first-order valence-electron chi connectivity index (χ1n) is 6.71. The number of hydrogen-bond acceptors (Lipinski definition) is 1. The van der Waals surface area contributed by atoms with Gasteiger partial charge in [-0.3, -0.25) is 4.79 Å². The van der Waals surface area contributed by atoms with Crippen molar-refractivity contribution in [3.8, 4) is 0 Å². The van der Waals surface area contributed by atoms with Gasteiger partial charge >= 0.3 is 6.18 Å². The summed E-state index contributed by atoms with van der Waals surface area (Å²) in [6.07, 6.45) is -4.32. The van der Waals surface area contributed by atoms with Crippen LogP contribution in [0.2, 0.25) is 0 Å². The average Bonchev–Trinajstić information content (AvgIpc) is 2.79. The van der Waals surface area contributed by atoms with Gasteiger partial charge in [-0.15, -0.1) is 0 Å². The molecule has 0 aromatic heterocycles. The molecule has 0 spiro atoms. The van der Waals surface area contributed by atoms with Gasteiger partial charge in [0.1, 0.15) is 6.42 Å². The van der Waals surface area contributed by atoms with Crippen LogP contribution in [0.3, 0.4) is 0 Å². The van der Waals surface area contributed by atoms with E-state index in [9.17, 15) is 18.0 Å². The van der Waals surface area contributed by atoms with Crippen LogP contribution in [0.4, 0.5) is 13.2 Å². The second kappa shape index (κ2) is 5.46. The molecule has 110 valence electrons. The molecule has 1 amide bonds. The lowest BCUT2D eigenvalue weighted by atomic mass is 9.97. The molecule has 1 atom stereocenters. The fraction of sp³-hybridized carbons (Fsp3) is 0.533. The molecule has 5 heteroatoms. The highest BCUT2D eigenvalue weighted by molar-refractivity contribution is 5.77. The number of aryl methyl sites for hydroxylation is 2. The molecule has 0 N–H and O–H groups in total. The van der Waals surface area contributed by atoms with Crippen molar-refractivity contribution in [2.45, 2.75) is 45.3 Å². The zero-order valence-electron chi connectivity index (χ0n) is 11.6. The zero-order valence-corrected chi connectivity index (χ0v) is 11.6. The predicted octanol–water partition coefficient (Wildman–Crippen LogP) is 3.92. The molecule has 0 bridgehead atoms. The van der Waals surface area contributed by atoms with E-state index in [2.05, 4.69) is 0 Å². The van der Waals surface area contributed by atoms with E-state index in [1.807, 2.05) is 32.0 Å². The van der Waals surface area contributed by atoms with Crippen LogP contribution in [0, 0.1) is 13.8 Å². The first kappa shape index (κ1) is 14.9. The summed E-state index contributed by atoms with van der Waals surface area (Å²) in [6.45, 7) is 4.28. The van der Waals surface area contributed by atoms with Crippen LogP contribution in [0.25, 0.3) is 0 Å². The van der Waals surface area contributed by atoms with Crippen molar-refractivity contribution in [1.82, 2.24) is 4.90 Å². The Morgan fingerprint density at radius 1 is 1.35 bits per heavy atom. The third-order valence-corrected chi connectivity index (χ3v) is 3.72. The third-order valence-electron chi connectivity index (χ3n) is 3.72. The lowest BCUT2D eigenvalue weighted by Crippen LogP contribution is -2.34. The highest BCUT2D eigenvalue weighted by Gasteiger charge is 2.38. The van der Waals surface area contributed by atoms with E-state index in [1.165, 1.54) is 4.90 Å². The Labute approximate surface area is 116 Å². The summed E-state index contributed by atoms with van der Waals surface area (Å²) < 4.78 is 37.2. The van der Waals surface area contributed by atoms with Crippen molar-refractivity contribution in [2.24, 2.45) is 0 Å². The molecular weight excluding hydrogens is 267 g/mol. The van der Waals surface area contributed by atoms with Gasteiger partial charge < -0.3 is 4.90 Å². The van der Waals surface area contributed by atoms with Crippen molar-refractivity contribution < 1.29 is 18.0 Å². The predicted molar refractivity (Wildman–Crippen MR) is 70.3 cm³/mol. The molecule has 1 aromatic carbocycles. The normalized spacial score (nSPS) is 19.4. The van der Waals surface area contributed by atoms with Gasteiger partial charge in [0.05, 0.1) is 6.04 Å². The Hall–Kier alpha value is -1.52. The number of rotatable bonds is 2. The summed E-state index contributed by atoms with van der Waals surface area (Å²) in [5.41, 5.74) is 3.05. The lowest BCUT2D eigenvalue weighted by Gasteiger charge is -2.27. The van der Waals surface area contributed by atoms with Gasteiger partial charge in [-0.2, -0.15) is 13.2 Å². The topological polar surface area (TPSA) is 20.3 Å². The van der Waals surface area contributed by atoms with Crippen molar-refractivity contribution in [2.75, 3.05) is 6.54 Å². The van der Waals surface area contributed by atoms with E-state index in [4.69, 9.17) is 0 Å². The molecule has 1 aliphatic heterocycles. The number of hydrogen-bond donors (Lipinski definition) is 0. The van der Waals surface area contributed by atoms with E-state index >= 15 is 0 Å². The van der Waals surface area contributed by atoms with Crippen LogP contribution in [0.1, 0.15) is 42.0 Å². The second-order valence-corrected chi connectivity index (χ2v) is 5.40. The summed E-state index contributed by atoms with van der Waals surface area (Å²) in [5, 5.41) is 0. The summed E-state index contributed by atoms with van der Waals surface area (Å²) in [6, 6.07) is 5.68. The Balaban J connectivity index is 2.23. The number of halogens is 3. The minimum absolute atomic E-state index is 0.218. The number of carbonyl (C=O) groups is 1. The van der Waals surface area contributed by atoms with Gasteiger partial charge in [-0.25, -0.2) is 0 Å². The first-order chi connectivity index (χ1) is 9.28. The van der Waals surface area contributed by atoms with Crippen LogP contribution < -0.4 is 0 Å². The maximum Gasteiger partial charge on any atom is 0.397 e.